The van der Waals surface area contributed by atoms with Crippen molar-refractivity contribution >= 4 is 5.97 Å². The SMILES string of the molecule is CCN(CC)C1(CC(=O)O)CCc2c(F)cccc21. The number of carbonyl (C=O) groups is 1. The van der Waals surface area contributed by atoms with Crippen LogP contribution in [0, 0.1) is 5.82 Å². The molecule has 0 bridgehead atoms. The van der Waals surface area contributed by atoms with Crippen LogP contribution in [-0.2, 0) is 16.8 Å². The number of carboxylic acid groups (broad SMARTS) is 1. The van der Waals surface area contributed by atoms with Gasteiger partial charge in [-0.3, -0.25) is 9.69 Å². The number of hydrogen-bond acceptors (Lipinski definition) is 2. The Morgan fingerprint density at radius 1 is 1.42 bits per heavy atom. The molecule has 0 spiro atoms. The molecule has 0 aromatic heterocycles. The van der Waals surface area contributed by atoms with Gasteiger partial charge in [0.25, 0.3) is 0 Å². The monoisotopic (exact) mass is 265 g/mol. The van der Waals surface area contributed by atoms with Gasteiger partial charge in [-0.25, -0.2) is 4.39 Å². The van der Waals surface area contributed by atoms with Crippen LogP contribution in [0.15, 0.2) is 18.2 Å². The zero-order valence-electron chi connectivity index (χ0n) is 11.4. The quantitative estimate of drug-likeness (QED) is 0.890. The predicted molar refractivity (Wildman–Crippen MR) is 71.6 cm³/mol. The summed E-state index contributed by atoms with van der Waals surface area (Å²) in [6.07, 6.45) is 1.33. The summed E-state index contributed by atoms with van der Waals surface area (Å²) in [5, 5.41) is 9.25. The zero-order valence-corrected chi connectivity index (χ0v) is 11.4. The molecule has 0 saturated carbocycles. The van der Waals surface area contributed by atoms with Crippen LogP contribution in [0.1, 0.15) is 37.8 Å². The minimum Gasteiger partial charge on any atom is -0.481 e. The van der Waals surface area contributed by atoms with Gasteiger partial charge < -0.3 is 5.11 Å². The van der Waals surface area contributed by atoms with Gasteiger partial charge in [0.1, 0.15) is 5.82 Å². The van der Waals surface area contributed by atoms with Crippen molar-refractivity contribution in [3.8, 4) is 0 Å². The molecule has 0 amide bonds. The first-order valence-electron chi connectivity index (χ1n) is 6.80. The van der Waals surface area contributed by atoms with E-state index >= 15 is 0 Å². The maximum atomic E-state index is 13.9. The van der Waals surface area contributed by atoms with Gasteiger partial charge in [-0.2, -0.15) is 0 Å². The van der Waals surface area contributed by atoms with Gasteiger partial charge in [0.2, 0.25) is 0 Å². The highest BCUT2D eigenvalue weighted by atomic mass is 19.1. The number of nitrogens with zero attached hydrogens (tertiary/aromatic N) is 1. The fraction of sp³-hybridized carbons (Fsp3) is 0.533. The van der Waals surface area contributed by atoms with Crippen LogP contribution in [-0.4, -0.2) is 29.1 Å². The van der Waals surface area contributed by atoms with Crippen LogP contribution in [0.4, 0.5) is 4.39 Å². The van der Waals surface area contributed by atoms with Gasteiger partial charge in [-0.05, 0) is 43.1 Å². The van der Waals surface area contributed by atoms with Gasteiger partial charge in [-0.15, -0.1) is 0 Å². The van der Waals surface area contributed by atoms with Crippen LogP contribution in [0.3, 0.4) is 0 Å². The van der Waals surface area contributed by atoms with E-state index in [0.29, 0.717) is 18.4 Å². The third-order valence-electron chi connectivity index (χ3n) is 4.22. The Bertz CT molecular complexity index is 485. The molecule has 1 N–H and O–H groups in total. The Kier molecular flexibility index (Phi) is 3.90. The van der Waals surface area contributed by atoms with Gasteiger partial charge in [0.15, 0.2) is 0 Å². The summed E-state index contributed by atoms with van der Waals surface area (Å²) in [5.74, 6) is -1.04. The van der Waals surface area contributed by atoms with Crippen LogP contribution < -0.4 is 0 Å². The summed E-state index contributed by atoms with van der Waals surface area (Å²) in [5.41, 5.74) is 1.00. The van der Waals surface area contributed by atoms with E-state index in [4.69, 9.17) is 0 Å². The van der Waals surface area contributed by atoms with E-state index in [0.717, 1.165) is 18.7 Å². The lowest BCUT2D eigenvalue weighted by Gasteiger charge is -2.40. The van der Waals surface area contributed by atoms with Crippen molar-refractivity contribution in [2.24, 2.45) is 0 Å². The Balaban J connectivity index is 2.54. The second-order valence-corrected chi connectivity index (χ2v) is 5.04. The molecule has 4 heteroatoms. The third-order valence-corrected chi connectivity index (χ3v) is 4.22. The Morgan fingerprint density at radius 2 is 2.11 bits per heavy atom. The molecule has 0 aliphatic heterocycles. The molecule has 1 unspecified atom stereocenters. The van der Waals surface area contributed by atoms with Crippen LogP contribution in [0.5, 0.6) is 0 Å². The van der Waals surface area contributed by atoms with Crippen molar-refractivity contribution in [3.05, 3.63) is 35.1 Å². The molecule has 1 atom stereocenters. The highest BCUT2D eigenvalue weighted by Gasteiger charge is 2.44. The normalized spacial score (nSPS) is 21.7. The maximum absolute atomic E-state index is 13.9. The van der Waals surface area contributed by atoms with Crippen molar-refractivity contribution in [2.75, 3.05) is 13.1 Å². The van der Waals surface area contributed by atoms with E-state index < -0.39 is 11.5 Å². The molecule has 19 heavy (non-hydrogen) atoms. The number of fused-ring (bicyclic) bond motifs is 1. The average Bonchev–Trinajstić information content (AvgIpc) is 2.72. The summed E-state index contributed by atoms with van der Waals surface area (Å²) < 4.78 is 13.9. The summed E-state index contributed by atoms with van der Waals surface area (Å²) in [7, 11) is 0. The highest BCUT2D eigenvalue weighted by Crippen LogP contribution is 2.44. The summed E-state index contributed by atoms with van der Waals surface area (Å²) in [6, 6.07) is 5.02. The number of aliphatic carboxylic acids is 1. The lowest BCUT2D eigenvalue weighted by Crippen LogP contribution is -2.46. The van der Waals surface area contributed by atoms with E-state index in [1.165, 1.54) is 6.07 Å². The Labute approximate surface area is 113 Å². The highest BCUT2D eigenvalue weighted by molar-refractivity contribution is 5.69. The predicted octanol–water partition coefficient (Wildman–Crippen LogP) is 2.78. The molecule has 0 heterocycles. The smallest absolute Gasteiger partial charge is 0.305 e. The van der Waals surface area contributed by atoms with E-state index in [1.54, 1.807) is 6.07 Å². The molecular weight excluding hydrogens is 245 g/mol. The first-order valence-corrected chi connectivity index (χ1v) is 6.80. The molecule has 1 aromatic carbocycles. The largest absolute Gasteiger partial charge is 0.481 e. The lowest BCUT2D eigenvalue weighted by molar-refractivity contribution is -0.140. The molecule has 0 saturated heterocycles. The summed E-state index contributed by atoms with van der Waals surface area (Å²) in [4.78, 5) is 13.4. The van der Waals surface area contributed by atoms with Gasteiger partial charge >= 0.3 is 5.97 Å². The van der Waals surface area contributed by atoms with Crippen LogP contribution >= 0.6 is 0 Å². The third kappa shape index (κ3) is 2.25. The topological polar surface area (TPSA) is 40.5 Å². The lowest BCUT2D eigenvalue weighted by atomic mass is 9.86. The van der Waals surface area contributed by atoms with Crippen molar-refractivity contribution < 1.29 is 14.3 Å². The van der Waals surface area contributed by atoms with E-state index in [2.05, 4.69) is 4.90 Å². The minimum atomic E-state index is -0.830. The molecule has 1 aliphatic carbocycles. The first kappa shape index (κ1) is 14.0. The number of halogens is 1. The number of rotatable bonds is 5. The molecule has 104 valence electrons. The molecule has 2 rings (SSSR count). The van der Waals surface area contributed by atoms with Gasteiger partial charge in [0.05, 0.1) is 12.0 Å². The standard InChI is InChI=1S/C15H20FNO2/c1-3-17(4-2)15(10-14(18)19)9-8-11-12(15)6-5-7-13(11)16/h5-7H,3-4,8-10H2,1-2H3,(H,18,19). The fourth-order valence-corrected chi connectivity index (χ4v) is 3.42. The minimum absolute atomic E-state index is 0.0329. The molecule has 1 aromatic rings. The van der Waals surface area contributed by atoms with Gasteiger partial charge in [0, 0.05) is 0 Å². The number of hydrogen-bond donors (Lipinski definition) is 1. The van der Waals surface area contributed by atoms with Crippen molar-refractivity contribution in [2.45, 2.75) is 38.6 Å². The molecular formula is C15H20FNO2. The van der Waals surface area contributed by atoms with Crippen molar-refractivity contribution in [1.82, 2.24) is 4.90 Å². The molecule has 1 aliphatic rings. The maximum Gasteiger partial charge on any atom is 0.305 e. The van der Waals surface area contributed by atoms with Crippen LogP contribution in [0.2, 0.25) is 0 Å². The van der Waals surface area contributed by atoms with Crippen molar-refractivity contribution in [3.63, 3.8) is 0 Å². The summed E-state index contributed by atoms with van der Waals surface area (Å²) in [6.45, 7) is 5.56. The average molecular weight is 265 g/mol. The van der Waals surface area contributed by atoms with Crippen LogP contribution in [0.25, 0.3) is 0 Å². The Morgan fingerprint density at radius 3 is 2.68 bits per heavy atom. The Hall–Kier alpha value is -1.42. The molecule has 0 radical (unpaired) electrons. The molecule has 0 fully saturated rings. The van der Waals surface area contributed by atoms with Crippen molar-refractivity contribution in [1.29, 1.82) is 0 Å². The number of benzene rings is 1. The van der Waals surface area contributed by atoms with E-state index in [-0.39, 0.29) is 12.2 Å². The number of carboxylic acids is 1. The van der Waals surface area contributed by atoms with E-state index in [9.17, 15) is 14.3 Å². The first-order chi connectivity index (χ1) is 9.05. The fourth-order valence-electron chi connectivity index (χ4n) is 3.42. The van der Waals surface area contributed by atoms with E-state index in [1.807, 2.05) is 19.9 Å². The molecule has 3 nitrogen and oxygen atoms in total. The van der Waals surface area contributed by atoms with Gasteiger partial charge in [-0.1, -0.05) is 26.0 Å². The second kappa shape index (κ2) is 5.29. The zero-order chi connectivity index (χ0) is 14.0. The summed E-state index contributed by atoms with van der Waals surface area (Å²) >= 11 is 0. The second-order valence-electron chi connectivity index (χ2n) is 5.04.